The van der Waals surface area contributed by atoms with Crippen molar-refractivity contribution in [1.82, 2.24) is 4.98 Å². The van der Waals surface area contributed by atoms with Crippen LogP contribution in [0.2, 0.25) is 0 Å². The summed E-state index contributed by atoms with van der Waals surface area (Å²) in [7, 11) is 0. The van der Waals surface area contributed by atoms with Crippen molar-refractivity contribution >= 4 is 38.3 Å². The number of nitrogens with one attached hydrogen (secondary N) is 1. The Bertz CT molecular complexity index is 455. The molecule has 0 aliphatic heterocycles. The maximum atomic E-state index is 12.5. The van der Waals surface area contributed by atoms with Crippen molar-refractivity contribution in [2.45, 2.75) is 31.9 Å². The van der Waals surface area contributed by atoms with E-state index in [-0.39, 0.29) is 37.5 Å². The summed E-state index contributed by atoms with van der Waals surface area (Å²) in [6.45, 7) is 0. The van der Waals surface area contributed by atoms with Gasteiger partial charge in [0.25, 0.3) is 0 Å². The summed E-state index contributed by atoms with van der Waals surface area (Å²) in [5.41, 5.74) is 0. The van der Waals surface area contributed by atoms with Crippen LogP contribution in [-0.2, 0) is 4.79 Å². The van der Waals surface area contributed by atoms with Crippen LogP contribution in [0.1, 0.15) is 25.7 Å². The van der Waals surface area contributed by atoms with Crippen molar-refractivity contribution in [3.8, 4) is 0 Å². The van der Waals surface area contributed by atoms with Gasteiger partial charge in [0.15, 0.2) is 5.13 Å². The summed E-state index contributed by atoms with van der Waals surface area (Å²) in [5.74, 6) is -1.84. The van der Waals surface area contributed by atoms with Crippen LogP contribution in [0.5, 0.6) is 0 Å². The second-order valence-electron chi connectivity index (χ2n) is 4.55. The molecule has 1 amide bonds. The van der Waals surface area contributed by atoms with Gasteiger partial charge in [-0.05, 0) is 41.6 Å². The Morgan fingerprint density at radius 3 is 2.47 bits per heavy atom. The highest BCUT2D eigenvalue weighted by Gasteiger charge is 2.42. The van der Waals surface area contributed by atoms with Gasteiger partial charge >= 0.3 is 6.18 Å². The van der Waals surface area contributed by atoms with Gasteiger partial charge in [0.2, 0.25) is 5.91 Å². The van der Waals surface area contributed by atoms with Gasteiger partial charge in [-0.25, -0.2) is 4.98 Å². The standard InChI is InChI=1S/C11H12BrF3N2OS/c12-8-5-16-10(19-8)17-9(18)6-1-3-7(4-2-6)11(13,14)15/h5-7H,1-4H2,(H,16,17,18). The zero-order valence-electron chi connectivity index (χ0n) is 9.84. The van der Waals surface area contributed by atoms with Crippen LogP contribution in [0, 0.1) is 11.8 Å². The fraction of sp³-hybridized carbons (Fsp3) is 0.636. The van der Waals surface area contributed by atoms with E-state index >= 15 is 0 Å². The first-order valence-corrected chi connectivity index (χ1v) is 7.46. The smallest absolute Gasteiger partial charge is 0.302 e. The first-order chi connectivity index (χ1) is 8.86. The van der Waals surface area contributed by atoms with Gasteiger partial charge in [0.05, 0.1) is 15.9 Å². The minimum absolute atomic E-state index is 0.0309. The normalized spacial score (nSPS) is 24.2. The molecule has 2 rings (SSSR count). The quantitative estimate of drug-likeness (QED) is 0.862. The molecule has 0 atom stereocenters. The van der Waals surface area contributed by atoms with E-state index < -0.39 is 12.1 Å². The Labute approximate surface area is 120 Å². The molecule has 1 aromatic heterocycles. The molecule has 0 unspecified atom stereocenters. The predicted molar refractivity (Wildman–Crippen MR) is 69.9 cm³/mol. The molecule has 0 bridgehead atoms. The van der Waals surface area contributed by atoms with E-state index in [9.17, 15) is 18.0 Å². The molecule has 0 aromatic carbocycles. The molecular weight excluding hydrogens is 345 g/mol. The number of carbonyl (C=O) groups excluding carboxylic acids is 1. The Morgan fingerprint density at radius 2 is 2.00 bits per heavy atom. The summed E-state index contributed by atoms with van der Waals surface area (Å²) in [6.07, 6.45) is -1.94. The second-order valence-corrected chi connectivity index (χ2v) is 6.96. The average molecular weight is 357 g/mol. The van der Waals surface area contributed by atoms with Gasteiger partial charge in [-0.3, -0.25) is 4.79 Å². The van der Waals surface area contributed by atoms with Gasteiger partial charge in [-0.1, -0.05) is 11.3 Å². The summed E-state index contributed by atoms with van der Waals surface area (Å²) in [4.78, 5) is 15.9. The lowest BCUT2D eigenvalue weighted by atomic mass is 9.81. The highest BCUT2D eigenvalue weighted by Crippen LogP contribution is 2.39. The van der Waals surface area contributed by atoms with E-state index in [1.54, 1.807) is 6.20 Å². The van der Waals surface area contributed by atoms with Crippen LogP contribution in [0.3, 0.4) is 0 Å². The number of carbonyl (C=O) groups is 1. The molecule has 1 N–H and O–H groups in total. The van der Waals surface area contributed by atoms with Crippen molar-refractivity contribution < 1.29 is 18.0 Å². The van der Waals surface area contributed by atoms with Crippen LogP contribution in [0.25, 0.3) is 0 Å². The molecule has 3 nitrogen and oxygen atoms in total. The van der Waals surface area contributed by atoms with E-state index in [0.29, 0.717) is 5.13 Å². The number of hydrogen-bond donors (Lipinski definition) is 1. The number of rotatable bonds is 2. The summed E-state index contributed by atoms with van der Waals surface area (Å²) < 4.78 is 38.3. The lowest BCUT2D eigenvalue weighted by Crippen LogP contribution is -2.32. The Hall–Kier alpha value is -0.630. The molecule has 0 spiro atoms. The van der Waals surface area contributed by atoms with Gasteiger partial charge in [-0.2, -0.15) is 13.2 Å². The first-order valence-electron chi connectivity index (χ1n) is 5.85. The maximum absolute atomic E-state index is 12.5. The molecule has 1 aliphatic carbocycles. The average Bonchev–Trinajstić information content (AvgIpc) is 2.74. The minimum Gasteiger partial charge on any atom is -0.302 e. The first kappa shape index (κ1) is 14.8. The Balaban J connectivity index is 1.86. The van der Waals surface area contributed by atoms with Crippen molar-refractivity contribution in [2.75, 3.05) is 5.32 Å². The van der Waals surface area contributed by atoms with E-state index in [1.165, 1.54) is 11.3 Å². The molecular formula is C11H12BrF3N2OS. The SMILES string of the molecule is O=C(Nc1ncc(Br)s1)C1CCC(C(F)(F)F)CC1. The molecule has 1 aromatic rings. The number of halogens is 4. The lowest BCUT2D eigenvalue weighted by Gasteiger charge is -2.28. The minimum atomic E-state index is -4.14. The largest absolute Gasteiger partial charge is 0.391 e. The van der Waals surface area contributed by atoms with Crippen LogP contribution >= 0.6 is 27.3 Å². The van der Waals surface area contributed by atoms with Crippen molar-refractivity contribution in [1.29, 1.82) is 0 Å². The Morgan fingerprint density at radius 1 is 1.37 bits per heavy atom. The highest BCUT2D eigenvalue weighted by molar-refractivity contribution is 9.11. The number of thiazole rings is 1. The summed E-state index contributed by atoms with van der Waals surface area (Å²) >= 11 is 4.51. The molecule has 1 fully saturated rings. The van der Waals surface area contributed by atoms with Gasteiger partial charge in [0.1, 0.15) is 0 Å². The van der Waals surface area contributed by atoms with Crippen LogP contribution in [0.4, 0.5) is 18.3 Å². The predicted octanol–water partition coefficient (Wildman–Crippen LogP) is 4.21. The number of aromatic nitrogens is 1. The Kier molecular flexibility index (Phi) is 4.50. The third-order valence-corrected chi connectivity index (χ3v) is 4.66. The molecule has 8 heteroatoms. The number of anilines is 1. The molecule has 1 aliphatic rings. The third-order valence-electron chi connectivity index (χ3n) is 3.27. The monoisotopic (exact) mass is 356 g/mol. The number of amides is 1. The topological polar surface area (TPSA) is 42.0 Å². The highest BCUT2D eigenvalue weighted by atomic mass is 79.9. The zero-order valence-corrected chi connectivity index (χ0v) is 12.2. The van der Waals surface area contributed by atoms with Crippen molar-refractivity contribution in [3.05, 3.63) is 9.98 Å². The van der Waals surface area contributed by atoms with Gasteiger partial charge in [0, 0.05) is 5.92 Å². The molecule has 19 heavy (non-hydrogen) atoms. The third kappa shape index (κ3) is 3.92. The number of alkyl halides is 3. The van der Waals surface area contributed by atoms with Crippen LogP contribution in [0.15, 0.2) is 9.98 Å². The molecule has 0 radical (unpaired) electrons. The van der Waals surface area contributed by atoms with E-state index in [4.69, 9.17) is 0 Å². The molecule has 106 valence electrons. The molecule has 1 saturated carbocycles. The fourth-order valence-electron chi connectivity index (χ4n) is 2.20. The molecule has 1 heterocycles. The fourth-order valence-corrected chi connectivity index (χ4v) is 3.31. The van der Waals surface area contributed by atoms with E-state index in [0.717, 1.165) is 3.79 Å². The summed E-state index contributed by atoms with van der Waals surface area (Å²) in [5, 5.41) is 3.11. The number of nitrogens with zero attached hydrogens (tertiary/aromatic N) is 1. The number of hydrogen-bond acceptors (Lipinski definition) is 3. The van der Waals surface area contributed by atoms with Gasteiger partial charge in [-0.15, -0.1) is 0 Å². The summed E-state index contributed by atoms with van der Waals surface area (Å²) in [6, 6.07) is 0. The lowest BCUT2D eigenvalue weighted by molar-refractivity contribution is -0.184. The van der Waals surface area contributed by atoms with Crippen molar-refractivity contribution in [3.63, 3.8) is 0 Å². The maximum Gasteiger partial charge on any atom is 0.391 e. The molecule has 0 saturated heterocycles. The second kappa shape index (κ2) is 5.78. The van der Waals surface area contributed by atoms with E-state index in [1.807, 2.05) is 0 Å². The van der Waals surface area contributed by atoms with Crippen LogP contribution in [-0.4, -0.2) is 17.1 Å². The zero-order chi connectivity index (χ0) is 14.0. The van der Waals surface area contributed by atoms with Crippen molar-refractivity contribution in [2.24, 2.45) is 11.8 Å². The van der Waals surface area contributed by atoms with Gasteiger partial charge < -0.3 is 5.32 Å². The van der Waals surface area contributed by atoms with E-state index in [2.05, 4.69) is 26.2 Å². The van der Waals surface area contributed by atoms with Crippen LogP contribution < -0.4 is 5.32 Å².